The lowest BCUT2D eigenvalue weighted by Crippen LogP contribution is -2.28. The van der Waals surface area contributed by atoms with Crippen LogP contribution in [0.5, 0.6) is 11.5 Å². The number of alkyl halides is 2. The number of benzene rings is 2. The summed E-state index contributed by atoms with van der Waals surface area (Å²) in [6, 6.07) is 13.8. The van der Waals surface area contributed by atoms with E-state index in [1.807, 2.05) is 6.92 Å². The van der Waals surface area contributed by atoms with Crippen molar-refractivity contribution in [2.24, 2.45) is 5.14 Å². The highest BCUT2D eigenvalue weighted by atomic mass is 32.2. The summed E-state index contributed by atoms with van der Waals surface area (Å²) in [4.78, 5) is 17.6. The first kappa shape index (κ1) is 22.2. The van der Waals surface area contributed by atoms with Gasteiger partial charge in [-0.15, -0.1) is 8.78 Å². The number of primary sulfonamides is 1. The standard InChI is InChI=1S/C23H19F2N3O5S.2H2/c1-13-5-8-19(27-20(13)14-3-2-4-16(11-14)34(26,30)31)28-21(29)22(9-10-22)15-6-7-17-18(12-15)33-23(24,25)32-17;;/h2-8,11-12H,9-10H2,1H3,(H2,26,30,31)(H,27,28,29);2*1H. The molecule has 0 bridgehead atoms. The summed E-state index contributed by atoms with van der Waals surface area (Å²) >= 11 is 0. The fourth-order valence-electron chi connectivity index (χ4n) is 3.97. The van der Waals surface area contributed by atoms with Gasteiger partial charge < -0.3 is 14.8 Å². The fourth-order valence-corrected chi connectivity index (χ4v) is 4.52. The molecule has 1 aliphatic carbocycles. The normalized spacial score (nSPS) is 17.3. The molecule has 0 unspecified atom stereocenters. The van der Waals surface area contributed by atoms with Crippen LogP contribution in [-0.2, 0) is 20.2 Å². The van der Waals surface area contributed by atoms with Crippen molar-refractivity contribution >= 4 is 21.7 Å². The number of rotatable bonds is 5. The number of nitrogens with zero attached hydrogens (tertiary/aromatic N) is 1. The average Bonchev–Trinajstić information content (AvgIpc) is 3.51. The van der Waals surface area contributed by atoms with Crippen LogP contribution in [0.4, 0.5) is 14.6 Å². The minimum absolute atomic E-state index is 0. The highest BCUT2D eigenvalue weighted by Gasteiger charge is 2.53. The van der Waals surface area contributed by atoms with Crippen molar-refractivity contribution in [3.63, 3.8) is 0 Å². The Morgan fingerprint density at radius 2 is 1.82 bits per heavy atom. The first-order chi connectivity index (χ1) is 16.0. The van der Waals surface area contributed by atoms with Crippen LogP contribution in [0.1, 0.15) is 26.8 Å². The number of amides is 1. The number of halogens is 2. The van der Waals surface area contributed by atoms with Gasteiger partial charge in [-0.25, -0.2) is 18.5 Å². The Hall–Kier alpha value is -3.57. The number of sulfonamides is 1. The van der Waals surface area contributed by atoms with Crippen LogP contribution in [0.15, 0.2) is 59.5 Å². The third-order valence-corrected chi connectivity index (χ3v) is 6.82. The van der Waals surface area contributed by atoms with Gasteiger partial charge in [-0.3, -0.25) is 4.79 Å². The van der Waals surface area contributed by atoms with Gasteiger partial charge in [0.1, 0.15) is 5.82 Å². The van der Waals surface area contributed by atoms with E-state index in [0.717, 1.165) is 5.56 Å². The van der Waals surface area contributed by atoms with Gasteiger partial charge in [-0.2, -0.15) is 0 Å². The third-order valence-electron chi connectivity index (χ3n) is 5.91. The lowest BCUT2D eigenvalue weighted by atomic mass is 9.94. The number of aryl methyl sites for hydroxylation is 1. The number of ether oxygens (including phenoxy) is 2. The molecule has 8 nitrogen and oxygen atoms in total. The molecule has 1 fully saturated rings. The van der Waals surface area contributed by atoms with Crippen LogP contribution >= 0.6 is 0 Å². The molecular formula is C23H23F2N3O5S. The van der Waals surface area contributed by atoms with E-state index in [1.54, 1.807) is 30.3 Å². The van der Waals surface area contributed by atoms with E-state index >= 15 is 0 Å². The number of fused-ring (bicyclic) bond motifs is 1. The van der Waals surface area contributed by atoms with Gasteiger partial charge in [0.2, 0.25) is 15.9 Å². The first-order valence-corrected chi connectivity index (χ1v) is 11.8. The maximum absolute atomic E-state index is 13.4. The molecule has 180 valence electrons. The summed E-state index contributed by atoms with van der Waals surface area (Å²) in [6.07, 6.45) is -2.67. The van der Waals surface area contributed by atoms with Crippen LogP contribution in [0.25, 0.3) is 11.3 Å². The van der Waals surface area contributed by atoms with Crippen LogP contribution in [0.2, 0.25) is 0 Å². The van der Waals surface area contributed by atoms with Gasteiger partial charge in [-0.1, -0.05) is 24.3 Å². The lowest BCUT2D eigenvalue weighted by molar-refractivity contribution is -0.286. The SMILES string of the molecule is Cc1ccc(NC(=O)C2(c3ccc4c(c3)OC(F)(F)O4)CC2)nc1-c1cccc(S(N)(=O)=O)c1.[HH].[HH]. The van der Waals surface area contributed by atoms with E-state index in [9.17, 15) is 22.0 Å². The molecule has 0 saturated heterocycles. The van der Waals surface area contributed by atoms with Gasteiger partial charge in [0.05, 0.1) is 16.0 Å². The number of nitrogens with two attached hydrogens (primary N) is 1. The number of anilines is 1. The molecule has 1 aliphatic heterocycles. The average molecular weight is 492 g/mol. The predicted molar refractivity (Wildman–Crippen MR) is 122 cm³/mol. The Morgan fingerprint density at radius 3 is 2.53 bits per heavy atom. The van der Waals surface area contributed by atoms with Crippen LogP contribution in [0.3, 0.4) is 0 Å². The van der Waals surface area contributed by atoms with E-state index in [-0.39, 0.29) is 31.0 Å². The molecule has 3 N–H and O–H groups in total. The molecule has 0 radical (unpaired) electrons. The second-order valence-electron chi connectivity index (χ2n) is 8.30. The van der Waals surface area contributed by atoms with Gasteiger partial charge in [0.25, 0.3) is 0 Å². The molecule has 34 heavy (non-hydrogen) atoms. The lowest BCUT2D eigenvalue weighted by Gasteiger charge is -2.17. The molecule has 0 spiro atoms. The van der Waals surface area contributed by atoms with E-state index < -0.39 is 21.7 Å². The predicted octanol–water partition coefficient (Wildman–Crippen LogP) is 4.19. The maximum Gasteiger partial charge on any atom is 0.586 e. The molecule has 1 saturated carbocycles. The Morgan fingerprint density at radius 1 is 1.09 bits per heavy atom. The van der Waals surface area contributed by atoms with Crippen molar-refractivity contribution in [3.8, 4) is 22.8 Å². The van der Waals surface area contributed by atoms with Gasteiger partial charge >= 0.3 is 6.29 Å². The zero-order chi connectivity index (χ0) is 24.3. The number of aromatic nitrogens is 1. The zero-order valence-corrected chi connectivity index (χ0v) is 18.7. The number of nitrogens with one attached hydrogen (secondary N) is 1. The highest BCUT2D eigenvalue weighted by molar-refractivity contribution is 7.89. The summed E-state index contributed by atoms with van der Waals surface area (Å²) < 4.78 is 59.1. The molecule has 1 aromatic heterocycles. The van der Waals surface area contributed by atoms with Gasteiger partial charge in [0, 0.05) is 8.42 Å². The van der Waals surface area contributed by atoms with Crippen molar-refractivity contribution in [3.05, 3.63) is 65.7 Å². The molecule has 2 aliphatic rings. The minimum atomic E-state index is -3.89. The second kappa shape index (κ2) is 7.47. The summed E-state index contributed by atoms with van der Waals surface area (Å²) in [5.41, 5.74) is 1.42. The number of carbonyl (C=O) groups is 1. The van der Waals surface area contributed by atoms with Crippen LogP contribution in [0, 0.1) is 6.92 Å². The molecule has 11 heteroatoms. The van der Waals surface area contributed by atoms with E-state index in [2.05, 4.69) is 19.8 Å². The number of hydrogen-bond donors (Lipinski definition) is 2. The van der Waals surface area contributed by atoms with Crippen molar-refractivity contribution in [2.75, 3.05) is 5.32 Å². The third kappa shape index (κ3) is 3.97. The van der Waals surface area contributed by atoms with Gasteiger partial charge in [-0.05, 0) is 61.2 Å². The molecule has 3 aromatic rings. The van der Waals surface area contributed by atoms with E-state index in [4.69, 9.17) is 5.14 Å². The first-order valence-electron chi connectivity index (χ1n) is 10.3. The summed E-state index contributed by atoms with van der Waals surface area (Å²) in [5, 5.41) is 8.03. The summed E-state index contributed by atoms with van der Waals surface area (Å²) in [7, 11) is -3.89. The summed E-state index contributed by atoms with van der Waals surface area (Å²) in [6.45, 7) is 1.81. The molecule has 5 rings (SSSR count). The monoisotopic (exact) mass is 491 g/mol. The number of hydrogen-bond acceptors (Lipinski definition) is 6. The van der Waals surface area contributed by atoms with Crippen LogP contribution in [-0.4, -0.2) is 25.6 Å². The maximum atomic E-state index is 13.4. The smallest absolute Gasteiger partial charge is 0.395 e. The Labute approximate surface area is 196 Å². The quantitative estimate of drug-likeness (QED) is 0.552. The Kier molecular flexibility index (Phi) is 4.88. The number of pyridine rings is 1. The minimum Gasteiger partial charge on any atom is -0.395 e. The molecule has 2 aromatic carbocycles. The van der Waals surface area contributed by atoms with Crippen molar-refractivity contribution in [2.45, 2.75) is 36.4 Å². The number of carbonyl (C=O) groups excluding carboxylic acids is 1. The Balaban J connectivity index is 0.00000180. The van der Waals surface area contributed by atoms with Gasteiger partial charge in [0.15, 0.2) is 11.5 Å². The summed E-state index contributed by atoms with van der Waals surface area (Å²) in [5.74, 6) is -0.271. The zero-order valence-electron chi connectivity index (χ0n) is 17.8. The van der Waals surface area contributed by atoms with Crippen molar-refractivity contribution < 1.29 is 34.3 Å². The fraction of sp³-hybridized carbons (Fsp3) is 0.217. The largest absolute Gasteiger partial charge is 0.586 e. The molecular weight excluding hydrogens is 468 g/mol. The second-order valence-corrected chi connectivity index (χ2v) is 9.86. The van der Waals surface area contributed by atoms with E-state index in [0.29, 0.717) is 29.7 Å². The van der Waals surface area contributed by atoms with Crippen molar-refractivity contribution in [1.29, 1.82) is 0 Å². The van der Waals surface area contributed by atoms with Crippen LogP contribution < -0.4 is 19.9 Å². The van der Waals surface area contributed by atoms with E-state index in [1.165, 1.54) is 24.3 Å². The topological polar surface area (TPSA) is 121 Å². The molecule has 1 amide bonds. The molecule has 0 atom stereocenters. The van der Waals surface area contributed by atoms with Crippen molar-refractivity contribution in [1.82, 2.24) is 4.98 Å². The highest BCUT2D eigenvalue weighted by Crippen LogP contribution is 2.52. The Bertz CT molecular complexity index is 1450. The molecule has 2 heterocycles.